The molecule has 1 unspecified atom stereocenters. The Hall–Kier alpha value is 0.520. The van der Waals surface area contributed by atoms with Gasteiger partial charge in [-0.15, -0.1) is 0 Å². The number of unbranched alkanes of at least 4 members (excludes halogenated alkanes) is 1. The highest BCUT2D eigenvalue weighted by molar-refractivity contribution is 8.68. The van der Waals surface area contributed by atoms with Crippen molar-refractivity contribution in [1.82, 2.24) is 0 Å². The molecule has 0 aromatic heterocycles. The summed E-state index contributed by atoms with van der Waals surface area (Å²) < 4.78 is 0. The zero-order valence-electron chi connectivity index (χ0n) is 10.2. The number of hydrogen-bond acceptors (Lipinski definition) is 2. The fourth-order valence-corrected chi connectivity index (χ4v) is 10.6. The zero-order valence-corrected chi connectivity index (χ0v) is 13.6. The van der Waals surface area contributed by atoms with Crippen LogP contribution < -0.4 is 5.30 Å². The van der Waals surface area contributed by atoms with Crippen LogP contribution in [0.3, 0.4) is 0 Å². The van der Waals surface area contributed by atoms with Gasteiger partial charge in [-0.1, -0.05) is 67.3 Å². The van der Waals surface area contributed by atoms with Gasteiger partial charge in [-0.3, -0.25) is 0 Å². The highest BCUT2D eigenvalue weighted by Crippen LogP contribution is 2.77. The zero-order chi connectivity index (χ0) is 12.2. The molecule has 0 spiro atoms. The van der Waals surface area contributed by atoms with E-state index in [1.54, 1.807) is 0 Å². The van der Waals surface area contributed by atoms with Crippen LogP contribution in [0.25, 0.3) is 0 Å². The van der Waals surface area contributed by atoms with Crippen molar-refractivity contribution in [3.8, 4) is 0 Å². The standard InChI is InChI=1S/C12H20P2S2/c1-4-5-11-14(16,13(2,3)15)12-9-7-6-8-10-12/h6-10H,4-5,11H2,1-3H3. The fraction of sp³-hybridized carbons (Fsp3) is 0.500. The Kier molecular flexibility index (Phi) is 5.39. The Morgan fingerprint density at radius 2 is 1.62 bits per heavy atom. The van der Waals surface area contributed by atoms with E-state index < -0.39 is 11.5 Å². The van der Waals surface area contributed by atoms with Gasteiger partial charge in [-0.2, -0.15) is 0 Å². The Morgan fingerprint density at radius 3 is 2.06 bits per heavy atom. The molecule has 1 atom stereocenters. The molecule has 0 saturated heterocycles. The van der Waals surface area contributed by atoms with E-state index in [1.165, 1.54) is 18.1 Å². The lowest BCUT2D eigenvalue weighted by atomic mass is 10.4. The van der Waals surface area contributed by atoms with E-state index in [1.807, 2.05) is 0 Å². The summed E-state index contributed by atoms with van der Waals surface area (Å²) in [6.07, 6.45) is 3.57. The lowest BCUT2D eigenvalue weighted by Crippen LogP contribution is -2.07. The van der Waals surface area contributed by atoms with Crippen molar-refractivity contribution in [3.05, 3.63) is 30.3 Å². The van der Waals surface area contributed by atoms with Crippen LogP contribution in [0.4, 0.5) is 0 Å². The van der Waals surface area contributed by atoms with Crippen molar-refractivity contribution < 1.29 is 0 Å². The molecule has 0 aliphatic rings. The SMILES string of the molecule is CCCCP(=S)(c1ccccc1)P(C)(C)=S. The first-order valence-electron chi connectivity index (χ1n) is 5.62. The van der Waals surface area contributed by atoms with Gasteiger partial charge in [0.15, 0.2) is 0 Å². The second-order valence-corrected chi connectivity index (χ2v) is 20.6. The monoisotopic (exact) mass is 290 g/mol. The number of hydrogen-bond donors (Lipinski definition) is 0. The van der Waals surface area contributed by atoms with Crippen LogP contribution >= 0.6 is 11.5 Å². The van der Waals surface area contributed by atoms with Crippen molar-refractivity contribution >= 4 is 40.4 Å². The molecule has 0 bridgehead atoms. The third-order valence-electron chi connectivity index (χ3n) is 2.75. The van der Waals surface area contributed by atoms with Gasteiger partial charge in [0.1, 0.15) is 0 Å². The average Bonchev–Trinajstić information content (AvgIpc) is 2.25. The van der Waals surface area contributed by atoms with Crippen molar-refractivity contribution in [2.75, 3.05) is 19.5 Å². The van der Waals surface area contributed by atoms with E-state index in [4.69, 9.17) is 23.6 Å². The molecule has 1 aromatic carbocycles. The molecule has 0 nitrogen and oxygen atoms in total. The third-order valence-corrected chi connectivity index (χ3v) is 20.6. The fourth-order valence-electron chi connectivity index (χ4n) is 1.68. The number of rotatable bonds is 5. The van der Waals surface area contributed by atoms with Crippen molar-refractivity contribution in [3.63, 3.8) is 0 Å². The summed E-state index contributed by atoms with van der Waals surface area (Å²) in [4.78, 5) is 0. The highest BCUT2D eigenvalue weighted by Gasteiger charge is 2.27. The normalized spacial score (nSPS) is 15.7. The van der Waals surface area contributed by atoms with E-state index in [0.29, 0.717) is 0 Å². The molecule has 0 fully saturated rings. The molecule has 90 valence electrons. The lowest BCUT2D eigenvalue weighted by molar-refractivity contribution is 0.894. The number of benzene rings is 1. The van der Waals surface area contributed by atoms with Gasteiger partial charge in [0, 0.05) is 5.73 Å². The summed E-state index contributed by atoms with van der Waals surface area (Å²) in [7, 11) is 0. The summed E-state index contributed by atoms with van der Waals surface area (Å²) in [5, 5.41) is 1.35. The molecule has 0 N–H and O–H groups in total. The van der Waals surface area contributed by atoms with Crippen LogP contribution in [-0.4, -0.2) is 19.5 Å². The second-order valence-electron chi connectivity index (χ2n) is 4.41. The predicted molar refractivity (Wildman–Crippen MR) is 86.3 cm³/mol. The minimum Gasteiger partial charge on any atom is -0.0921 e. The van der Waals surface area contributed by atoms with Crippen LogP contribution in [-0.2, 0) is 23.6 Å². The van der Waals surface area contributed by atoms with Crippen molar-refractivity contribution in [2.24, 2.45) is 0 Å². The van der Waals surface area contributed by atoms with Crippen LogP contribution in [0.2, 0.25) is 0 Å². The molecule has 0 aliphatic carbocycles. The Morgan fingerprint density at radius 1 is 1.06 bits per heavy atom. The quantitative estimate of drug-likeness (QED) is 0.744. The molecule has 0 radical (unpaired) electrons. The summed E-state index contributed by atoms with van der Waals surface area (Å²) >= 11 is 11.8. The Labute approximate surface area is 110 Å². The predicted octanol–water partition coefficient (Wildman–Crippen LogP) is 4.25. The maximum absolute atomic E-state index is 6.03. The molecule has 4 heteroatoms. The minimum atomic E-state index is -1.51. The summed E-state index contributed by atoms with van der Waals surface area (Å²) in [5.41, 5.74) is -2.89. The molecule has 1 rings (SSSR count). The first kappa shape index (κ1) is 14.6. The summed E-state index contributed by atoms with van der Waals surface area (Å²) in [5.74, 6) is 0. The van der Waals surface area contributed by atoms with Crippen LogP contribution in [0.15, 0.2) is 30.3 Å². The molecule has 0 saturated carbocycles. The smallest absolute Gasteiger partial charge is 0.0134 e. The average molecular weight is 290 g/mol. The molecule has 0 amide bonds. The van der Waals surface area contributed by atoms with Gasteiger partial charge in [-0.05, 0) is 36.9 Å². The largest absolute Gasteiger partial charge is 0.0921 e. The molecule has 1 aromatic rings. The molecular weight excluding hydrogens is 270 g/mol. The first-order valence-corrected chi connectivity index (χ1v) is 13.0. The highest BCUT2D eigenvalue weighted by atomic mass is 32.8. The van der Waals surface area contributed by atoms with Crippen molar-refractivity contribution in [1.29, 1.82) is 0 Å². The van der Waals surface area contributed by atoms with Gasteiger partial charge < -0.3 is 0 Å². The van der Waals surface area contributed by atoms with E-state index in [-0.39, 0.29) is 0 Å². The van der Waals surface area contributed by atoms with Crippen LogP contribution in [0, 0.1) is 0 Å². The molecule has 0 aliphatic heterocycles. The second kappa shape index (κ2) is 5.91. The Bertz CT molecular complexity index is 420. The van der Waals surface area contributed by atoms with Crippen molar-refractivity contribution in [2.45, 2.75) is 19.8 Å². The molecular formula is C12H20P2S2. The maximum Gasteiger partial charge on any atom is 0.0134 e. The third kappa shape index (κ3) is 3.26. The van der Waals surface area contributed by atoms with Crippen LogP contribution in [0.1, 0.15) is 19.8 Å². The van der Waals surface area contributed by atoms with Crippen LogP contribution in [0.5, 0.6) is 0 Å². The van der Waals surface area contributed by atoms with E-state index in [0.717, 1.165) is 6.16 Å². The topological polar surface area (TPSA) is 0 Å². The van der Waals surface area contributed by atoms with E-state index in [2.05, 4.69) is 50.6 Å². The van der Waals surface area contributed by atoms with Gasteiger partial charge in [-0.25, -0.2) is 0 Å². The molecule has 0 heterocycles. The first-order chi connectivity index (χ1) is 7.42. The van der Waals surface area contributed by atoms with Gasteiger partial charge in [0.2, 0.25) is 0 Å². The summed E-state index contributed by atoms with van der Waals surface area (Å²) in [6, 6.07) is 10.6. The Balaban J connectivity index is 3.17. The van der Waals surface area contributed by atoms with E-state index >= 15 is 0 Å². The summed E-state index contributed by atoms with van der Waals surface area (Å²) in [6.45, 7) is 6.68. The van der Waals surface area contributed by atoms with Gasteiger partial charge >= 0.3 is 0 Å². The van der Waals surface area contributed by atoms with Gasteiger partial charge in [0.25, 0.3) is 0 Å². The molecule has 16 heavy (non-hydrogen) atoms. The maximum atomic E-state index is 6.03. The lowest BCUT2D eigenvalue weighted by Gasteiger charge is -2.30. The van der Waals surface area contributed by atoms with Gasteiger partial charge in [0.05, 0.1) is 0 Å². The van der Waals surface area contributed by atoms with E-state index in [9.17, 15) is 0 Å². The minimum absolute atomic E-state index is 1.15.